The number of methoxy groups -OCH3 is 1. The molecule has 1 fully saturated rings. The first-order chi connectivity index (χ1) is 8.96. The number of hydrogen-bond acceptors (Lipinski definition) is 7. The third-order valence-corrected chi connectivity index (χ3v) is 7.04. The van der Waals surface area contributed by atoms with Crippen molar-refractivity contribution in [2.24, 2.45) is 0 Å². The summed E-state index contributed by atoms with van der Waals surface area (Å²) in [7, 11) is -2.46. The van der Waals surface area contributed by atoms with Crippen molar-refractivity contribution in [1.82, 2.24) is 9.29 Å². The molecule has 1 saturated heterocycles. The Kier molecular flexibility index (Phi) is 4.49. The first kappa shape index (κ1) is 14.8. The van der Waals surface area contributed by atoms with Gasteiger partial charge in [0.1, 0.15) is 0 Å². The quantitative estimate of drug-likeness (QED) is 0.774. The van der Waals surface area contributed by atoms with Gasteiger partial charge in [0.25, 0.3) is 10.0 Å². The molecule has 1 aliphatic rings. The molecule has 106 valence electrons. The highest BCUT2D eigenvalue weighted by Gasteiger charge is 2.34. The smallest absolute Gasteiger partial charge is 0.358 e. The van der Waals surface area contributed by atoms with Gasteiger partial charge in [0.05, 0.1) is 12.6 Å². The predicted molar refractivity (Wildman–Crippen MR) is 74.1 cm³/mol. The SMILES string of the molecule is COC(=O)c1ncsc1S(=O)(=O)N1CCSC(C)C1. The fraction of sp³-hybridized carbons (Fsp3) is 0.600. The fourth-order valence-electron chi connectivity index (χ4n) is 1.77. The van der Waals surface area contributed by atoms with Crippen LogP contribution in [0.1, 0.15) is 17.4 Å². The zero-order chi connectivity index (χ0) is 14.0. The second-order valence-electron chi connectivity index (χ2n) is 4.02. The number of aromatic nitrogens is 1. The molecule has 2 heterocycles. The van der Waals surface area contributed by atoms with E-state index in [0.717, 1.165) is 17.1 Å². The summed E-state index contributed by atoms with van der Waals surface area (Å²) in [5, 5.41) is 0.248. The van der Waals surface area contributed by atoms with Crippen LogP contribution in [0.5, 0.6) is 0 Å². The van der Waals surface area contributed by atoms with Crippen molar-refractivity contribution in [2.75, 3.05) is 26.0 Å². The molecule has 0 bridgehead atoms. The van der Waals surface area contributed by atoms with Crippen LogP contribution in [0.15, 0.2) is 9.72 Å². The Bertz CT molecular complexity index is 569. The van der Waals surface area contributed by atoms with Crippen molar-refractivity contribution in [3.63, 3.8) is 0 Å². The van der Waals surface area contributed by atoms with Gasteiger partial charge >= 0.3 is 5.97 Å². The van der Waals surface area contributed by atoms with Gasteiger partial charge in [0.15, 0.2) is 9.90 Å². The van der Waals surface area contributed by atoms with Crippen LogP contribution in [0.4, 0.5) is 0 Å². The zero-order valence-corrected chi connectivity index (χ0v) is 13.0. The number of sulfonamides is 1. The third kappa shape index (κ3) is 2.93. The van der Waals surface area contributed by atoms with Crippen LogP contribution in [0.25, 0.3) is 0 Å². The summed E-state index contributed by atoms with van der Waals surface area (Å²) in [4.78, 5) is 15.3. The lowest BCUT2D eigenvalue weighted by molar-refractivity contribution is 0.0590. The van der Waals surface area contributed by atoms with E-state index in [0.29, 0.717) is 13.1 Å². The number of thiazole rings is 1. The molecule has 1 atom stereocenters. The maximum absolute atomic E-state index is 12.5. The highest BCUT2D eigenvalue weighted by molar-refractivity contribution is 8.00. The van der Waals surface area contributed by atoms with Crippen molar-refractivity contribution in [3.05, 3.63) is 11.2 Å². The molecule has 2 rings (SSSR count). The molecule has 9 heteroatoms. The van der Waals surface area contributed by atoms with Crippen LogP contribution in [0, 0.1) is 0 Å². The minimum atomic E-state index is -3.66. The average molecular weight is 322 g/mol. The molecule has 1 aliphatic heterocycles. The normalized spacial score (nSPS) is 21.3. The Labute approximate surface area is 120 Å². The van der Waals surface area contributed by atoms with E-state index in [4.69, 9.17) is 0 Å². The van der Waals surface area contributed by atoms with Gasteiger partial charge in [-0.25, -0.2) is 18.2 Å². The van der Waals surface area contributed by atoms with E-state index < -0.39 is 16.0 Å². The summed E-state index contributed by atoms with van der Waals surface area (Å²) in [6.45, 7) is 2.89. The zero-order valence-electron chi connectivity index (χ0n) is 10.5. The Hall–Kier alpha value is -0.640. The minimum Gasteiger partial charge on any atom is -0.464 e. The van der Waals surface area contributed by atoms with Crippen LogP contribution in [-0.2, 0) is 14.8 Å². The predicted octanol–water partition coefficient (Wildman–Crippen LogP) is 1.06. The summed E-state index contributed by atoms with van der Waals surface area (Å²) in [5.41, 5.74) is 1.22. The average Bonchev–Trinajstić information content (AvgIpc) is 2.87. The molecule has 0 aliphatic carbocycles. The number of nitrogens with zero attached hydrogens (tertiary/aromatic N) is 2. The third-order valence-electron chi connectivity index (χ3n) is 2.69. The van der Waals surface area contributed by atoms with Gasteiger partial charge in [-0.05, 0) is 0 Å². The molecule has 0 N–H and O–H groups in total. The highest BCUT2D eigenvalue weighted by Crippen LogP contribution is 2.28. The van der Waals surface area contributed by atoms with E-state index >= 15 is 0 Å². The summed E-state index contributed by atoms with van der Waals surface area (Å²) in [5.74, 6) is 0.0338. The Morgan fingerprint density at radius 3 is 2.95 bits per heavy atom. The molecule has 1 aromatic rings. The van der Waals surface area contributed by atoms with Gasteiger partial charge in [-0.15, -0.1) is 11.3 Å². The molecule has 0 saturated carbocycles. The molecule has 1 aromatic heterocycles. The Morgan fingerprint density at radius 1 is 1.58 bits per heavy atom. The van der Waals surface area contributed by atoms with E-state index in [1.165, 1.54) is 16.9 Å². The molecule has 0 amide bonds. The first-order valence-corrected chi connectivity index (χ1v) is 8.97. The number of rotatable bonds is 3. The van der Waals surface area contributed by atoms with Gasteiger partial charge in [0, 0.05) is 24.1 Å². The van der Waals surface area contributed by atoms with Gasteiger partial charge < -0.3 is 4.74 Å². The molecule has 0 aromatic carbocycles. The van der Waals surface area contributed by atoms with Crippen molar-refractivity contribution in [1.29, 1.82) is 0 Å². The lowest BCUT2D eigenvalue weighted by Gasteiger charge is -2.29. The van der Waals surface area contributed by atoms with Gasteiger partial charge in [-0.3, -0.25) is 0 Å². The number of carbonyl (C=O) groups is 1. The summed E-state index contributed by atoms with van der Waals surface area (Å²) in [6, 6.07) is 0. The van der Waals surface area contributed by atoms with Crippen molar-refractivity contribution in [2.45, 2.75) is 16.4 Å². The van der Waals surface area contributed by atoms with Gasteiger partial charge in [-0.1, -0.05) is 6.92 Å². The van der Waals surface area contributed by atoms with Gasteiger partial charge in [-0.2, -0.15) is 16.1 Å². The maximum Gasteiger partial charge on any atom is 0.358 e. The number of ether oxygens (including phenoxy) is 1. The van der Waals surface area contributed by atoms with E-state index in [-0.39, 0.29) is 15.2 Å². The lowest BCUT2D eigenvalue weighted by atomic mass is 10.4. The van der Waals surface area contributed by atoms with Crippen LogP contribution >= 0.6 is 23.1 Å². The Morgan fingerprint density at radius 2 is 2.32 bits per heavy atom. The minimum absolute atomic E-state index is 0.0292. The Balaban J connectivity index is 2.34. The number of thioether (sulfide) groups is 1. The van der Waals surface area contributed by atoms with Crippen LogP contribution in [-0.4, -0.2) is 54.9 Å². The van der Waals surface area contributed by atoms with Crippen LogP contribution in [0.2, 0.25) is 0 Å². The second-order valence-corrected chi connectivity index (χ2v) is 8.56. The largest absolute Gasteiger partial charge is 0.464 e. The number of hydrogen-bond donors (Lipinski definition) is 0. The number of esters is 1. The number of carbonyl (C=O) groups excluding carboxylic acids is 1. The summed E-state index contributed by atoms with van der Waals surface area (Å²) < 4.78 is 31.0. The van der Waals surface area contributed by atoms with Crippen molar-refractivity contribution < 1.29 is 17.9 Å². The first-order valence-electron chi connectivity index (χ1n) is 5.60. The fourth-order valence-corrected chi connectivity index (χ4v) is 5.80. The maximum atomic E-state index is 12.5. The molecule has 0 radical (unpaired) electrons. The van der Waals surface area contributed by atoms with Crippen LogP contribution in [0.3, 0.4) is 0 Å². The monoisotopic (exact) mass is 322 g/mol. The lowest BCUT2D eigenvalue weighted by Crippen LogP contribution is -2.41. The van der Waals surface area contributed by atoms with Crippen molar-refractivity contribution >= 4 is 39.1 Å². The molecule has 1 unspecified atom stereocenters. The molecule has 0 spiro atoms. The highest BCUT2D eigenvalue weighted by atomic mass is 32.2. The van der Waals surface area contributed by atoms with E-state index in [1.54, 1.807) is 11.8 Å². The van der Waals surface area contributed by atoms with E-state index in [2.05, 4.69) is 9.72 Å². The summed E-state index contributed by atoms with van der Waals surface area (Å²) in [6.07, 6.45) is 0. The van der Waals surface area contributed by atoms with E-state index in [1.807, 2.05) is 6.92 Å². The van der Waals surface area contributed by atoms with Gasteiger partial charge in [0.2, 0.25) is 0 Å². The topological polar surface area (TPSA) is 76.6 Å². The molecule has 6 nitrogen and oxygen atoms in total. The molecular weight excluding hydrogens is 308 g/mol. The van der Waals surface area contributed by atoms with Crippen LogP contribution < -0.4 is 0 Å². The van der Waals surface area contributed by atoms with Crippen molar-refractivity contribution in [3.8, 4) is 0 Å². The second kappa shape index (κ2) is 5.78. The standard InChI is InChI=1S/C10H14N2O4S3/c1-7-5-12(3-4-17-7)19(14,15)10-8(9(13)16-2)11-6-18-10/h6-7H,3-5H2,1-2H3. The molecule has 19 heavy (non-hydrogen) atoms. The van der Waals surface area contributed by atoms with E-state index in [9.17, 15) is 13.2 Å². The molecular formula is C10H14N2O4S3. The summed E-state index contributed by atoms with van der Waals surface area (Å²) >= 11 is 2.69.